The Morgan fingerprint density at radius 3 is 1.41 bits per heavy atom. The highest BCUT2D eigenvalue weighted by molar-refractivity contribution is 7.99. The number of carbonyl (C=O) groups excluding carboxylic acids is 2. The molecule has 0 fully saturated rings. The molecule has 0 saturated carbocycles. The van der Waals surface area contributed by atoms with Crippen molar-refractivity contribution in [2.24, 2.45) is 5.92 Å². The lowest BCUT2D eigenvalue weighted by Gasteiger charge is -2.42. The summed E-state index contributed by atoms with van der Waals surface area (Å²) in [5.74, 6) is -2.68. The van der Waals surface area contributed by atoms with Gasteiger partial charge in [-0.25, -0.2) is 0 Å². The predicted octanol–water partition coefficient (Wildman–Crippen LogP) is 1.49. The molecule has 242 valence electrons. The highest BCUT2D eigenvalue weighted by atomic mass is 32.2. The third-order valence-electron chi connectivity index (χ3n) is 5.28. The van der Waals surface area contributed by atoms with Crippen LogP contribution in [0.25, 0.3) is 0 Å². The summed E-state index contributed by atoms with van der Waals surface area (Å²) < 4.78 is 38.0. The number of carboxylic acids is 2. The van der Waals surface area contributed by atoms with E-state index in [2.05, 4.69) is 12.6 Å². The molecule has 0 rings (SSSR count). The first-order valence-electron chi connectivity index (χ1n) is 12.7. The number of ether oxygens (including phenoxy) is 7. The van der Waals surface area contributed by atoms with Crippen molar-refractivity contribution < 1.29 is 62.5 Å². The quantitative estimate of drug-likeness (QED) is 0.0711. The number of thiol groups is 1. The van der Waals surface area contributed by atoms with Crippen LogP contribution in [0.1, 0.15) is 25.7 Å². The zero-order valence-electron chi connectivity index (χ0n) is 25.0. The second kappa shape index (κ2) is 25.2. The largest absolute Gasteiger partial charge is 0.481 e. The van der Waals surface area contributed by atoms with Gasteiger partial charge in [-0.1, -0.05) is 0 Å². The van der Waals surface area contributed by atoms with E-state index < -0.39 is 35.5 Å². The normalized spacial score (nSPS) is 12.4. The Bertz CT molecular complexity index is 678. The maximum atomic E-state index is 11.4. The van der Waals surface area contributed by atoms with E-state index in [1.54, 1.807) is 42.7 Å². The van der Waals surface area contributed by atoms with Crippen LogP contribution in [0.3, 0.4) is 0 Å². The Kier molecular flexibility index (Phi) is 25.7. The van der Waals surface area contributed by atoms with Gasteiger partial charge in [-0.3, -0.25) is 19.2 Å². The second-order valence-corrected chi connectivity index (χ2v) is 10.8. The summed E-state index contributed by atoms with van der Waals surface area (Å²) in [6.45, 7) is 1.88. The van der Waals surface area contributed by atoms with Crippen molar-refractivity contribution in [3.8, 4) is 0 Å². The Morgan fingerprint density at radius 1 is 0.707 bits per heavy atom. The Balaban J connectivity index is 0. The molecule has 0 aromatic rings. The molecule has 0 amide bonds. The number of rotatable bonds is 26. The first-order valence-corrected chi connectivity index (χ1v) is 14.5. The third kappa shape index (κ3) is 20.3. The van der Waals surface area contributed by atoms with E-state index in [1.807, 2.05) is 0 Å². The van der Waals surface area contributed by atoms with Crippen molar-refractivity contribution in [1.29, 1.82) is 0 Å². The van der Waals surface area contributed by atoms with Crippen molar-refractivity contribution in [2.45, 2.75) is 36.9 Å². The van der Waals surface area contributed by atoms with Crippen LogP contribution in [0.2, 0.25) is 0 Å². The summed E-state index contributed by atoms with van der Waals surface area (Å²) in [6.07, 6.45) is -0.0978. The maximum Gasteiger partial charge on any atom is 0.307 e. The molecular weight excluding hydrogens is 584 g/mol. The van der Waals surface area contributed by atoms with Gasteiger partial charge in [-0.15, -0.1) is 0 Å². The summed E-state index contributed by atoms with van der Waals surface area (Å²) in [7, 11) is 9.63. The topological polar surface area (TPSA) is 173 Å². The molecule has 2 N–H and O–H groups in total. The minimum absolute atomic E-state index is 0.112. The molecule has 0 radical (unpaired) electrons. The first-order chi connectivity index (χ1) is 19.4. The highest BCUT2D eigenvalue weighted by Crippen LogP contribution is 2.25. The van der Waals surface area contributed by atoms with Crippen LogP contribution in [0, 0.1) is 5.92 Å². The number of thioether (sulfide) groups is 1. The SMILES string of the molecule is COCC(COC)(COC)OC(COC)(COC)COC.O=C(O)CC(CSCCC(=O)CC(=O)CCS)C(=O)O. The smallest absolute Gasteiger partial charge is 0.307 e. The third-order valence-corrected chi connectivity index (χ3v) is 6.63. The molecule has 1 unspecified atom stereocenters. The number of carbonyl (C=O) groups is 4. The number of Topliss-reactive ketones (excluding diaryl/α,β-unsaturated/α-hetero) is 2. The van der Waals surface area contributed by atoms with Crippen LogP contribution in [0.15, 0.2) is 0 Å². The average Bonchev–Trinajstić information content (AvgIpc) is 2.87. The van der Waals surface area contributed by atoms with Gasteiger partial charge >= 0.3 is 11.9 Å². The van der Waals surface area contributed by atoms with Crippen LogP contribution in [-0.4, -0.2) is 144 Å². The lowest BCUT2D eigenvalue weighted by molar-refractivity contribution is -0.252. The number of ketones is 2. The van der Waals surface area contributed by atoms with Crippen LogP contribution in [-0.2, 0) is 52.3 Å². The van der Waals surface area contributed by atoms with Crippen molar-refractivity contribution in [3.05, 3.63) is 0 Å². The van der Waals surface area contributed by atoms with Gasteiger partial charge in [0.25, 0.3) is 0 Å². The van der Waals surface area contributed by atoms with Gasteiger partial charge in [0, 0.05) is 67.0 Å². The Hall–Kier alpha value is -1.30. The van der Waals surface area contributed by atoms with Gasteiger partial charge in [0.2, 0.25) is 0 Å². The summed E-state index contributed by atoms with van der Waals surface area (Å²) >= 11 is 5.11. The fourth-order valence-corrected chi connectivity index (χ4v) is 5.16. The van der Waals surface area contributed by atoms with Crippen LogP contribution >= 0.6 is 24.4 Å². The molecule has 41 heavy (non-hydrogen) atoms. The Labute approximate surface area is 252 Å². The van der Waals surface area contributed by atoms with E-state index in [0.717, 1.165) is 0 Å². The molecule has 13 nitrogen and oxygen atoms in total. The summed E-state index contributed by atoms with van der Waals surface area (Å²) in [4.78, 5) is 43.9. The lowest BCUT2D eigenvalue weighted by atomic mass is 10.0. The zero-order valence-corrected chi connectivity index (χ0v) is 26.7. The summed E-state index contributed by atoms with van der Waals surface area (Å²) in [5.41, 5.74) is -1.54. The van der Waals surface area contributed by atoms with Gasteiger partial charge in [0.05, 0.1) is 58.4 Å². The van der Waals surface area contributed by atoms with Gasteiger partial charge < -0.3 is 43.4 Å². The van der Waals surface area contributed by atoms with E-state index in [0.29, 0.717) is 51.1 Å². The van der Waals surface area contributed by atoms with Crippen molar-refractivity contribution in [3.63, 3.8) is 0 Å². The number of hydrogen-bond donors (Lipinski definition) is 3. The van der Waals surface area contributed by atoms with Crippen molar-refractivity contribution in [2.75, 3.05) is 99.6 Å². The highest BCUT2D eigenvalue weighted by Gasteiger charge is 2.43. The minimum Gasteiger partial charge on any atom is -0.481 e. The molecule has 0 saturated heterocycles. The number of carboxylic acid groups (broad SMARTS) is 2. The molecule has 0 heterocycles. The van der Waals surface area contributed by atoms with E-state index in [-0.39, 0.29) is 36.6 Å². The molecular formula is C26H48O13S2. The molecule has 0 aliphatic rings. The molecule has 0 spiro atoms. The van der Waals surface area contributed by atoms with Gasteiger partial charge in [0.15, 0.2) is 0 Å². The van der Waals surface area contributed by atoms with Gasteiger partial charge in [-0.05, 0) is 5.75 Å². The van der Waals surface area contributed by atoms with E-state index >= 15 is 0 Å². The van der Waals surface area contributed by atoms with Crippen molar-refractivity contribution >= 4 is 47.9 Å². The van der Waals surface area contributed by atoms with Gasteiger partial charge in [-0.2, -0.15) is 24.4 Å². The Morgan fingerprint density at radius 2 is 1.10 bits per heavy atom. The zero-order chi connectivity index (χ0) is 31.7. The van der Waals surface area contributed by atoms with Crippen LogP contribution in [0.5, 0.6) is 0 Å². The maximum absolute atomic E-state index is 11.4. The van der Waals surface area contributed by atoms with Crippen molar-refractivity contribution in [1.82, 2.24) is 0 Å². The summed E-state index contributed by atoms with van der Waals surface area (Å²) in [6, 6.07) is 0. The molecule has 15 heteroatoms. The van der Waals surface area contributed by atoms with E-state index in [4.69, 9.17) is 43.4 Å². The van der Waals surface area contributed by atoms with Crippen LogP contribution in [0.4, 0.5) is 0 Å². The molecule has 0 aromatic carbocycles. The average molecular weight is 633 g/mol. The van der Waals surface area contributed by atoms with E-state index in [1.165, 1.54) is 11.8 Å². The number of hydrogen-bond acceptors (Lipinski definition) is 13. The lowest BCUT2D eigenvalue weighted by Crippen LogP contribution is -2.58. The van der Waals surface area contributed by atoms with Gasteiger partial charge in [0.1, 0.15) is 22.8 Å². The van der Waals surface area contributed by atoms with Crippen LogP contribution < -0.4 is 0 Å². The minimum atomic E-state index is -1.16. The molecule has 0 aromatic heterocycles. The van der Waals surface area contributed by atoms with E-state index in [9.17, 15) is 19.2 Å². The molecule has 0 aliphatic heterocycles. The molecule has 0 bridgehead atoms. The molecule has 0 aliphatic carbocycles. The second-order valence-electron chi connectivity index (χ2n) is 9.25. The number of methoxy groups -OCH3 is 6. The fraction of sp³-hybridized carbons (Fsp3) is 0.846. The monoisotopic (exact) mass is 632 g/mol. The standard InChI is InChI=1S/C14H30O7.C12H18O6S2/c1-15-7-13(8-16-2,9-17-3)21-14(10-18-4,11-19-5)12-20-6;13-9(1-3-19)6-10(14)2-4-20-7-8(12(17)18)5-11(15)16/h7-12H2,1-6H3;8,19H,1-7H2,(H,15,16)(H,17,18). The first kappa shape index (κ1) is 41.8. The molecule has 1 atom stereocenters. The fourth-order valence-electron chi connectivity index (χ4n) is 3.83. The number of aliphatic carboxylic acids is 2. The summed E-state index contributed by atoms with van der Waals surface area (Å²) in [5, 5.41) is 17.4. The predicted molar refractivity (Wildman–Crippen MR) is 156 cm³/mol.